The van der Waals surface area contributed by atoms with Crippen molar-refractivity contribution in [3.05, 3.63) is 34.9 Å². The van der Waals surface area contributed by atoms with Crippen molar-refractivity contribution < 1.29 is 4.74 Å². The van der Waals surface area contributed by atoms with Crippen LogP contribution in [0.2, 0.25) is 5.02 Å². The molecule has 2 unspecified atom stereocenters. The molecule has 1 aromatic rings. The number of nitrogens with zero attached hydrogens (tertiary/aromatic N) is 1. The molecule has 1 aliphatic carbocycles. The van der Waals surface area contributed by atoms with Gasteiger partial charge < -0.3 is 10.1 Å². The molecule has 2 aliphatic rings. The third kappa shape index (κ3) is 5.19. The minimum absolute atomic E-state index is 0.212. The lowest BCUT2D eigenvalue weighted by atomic mass is 9.70. The molecule has 0 radical (unpaired) electrons. The van der Waals surface area contributed by atoms with Crippen molar-refractivity contribution in [3.8, 4) is 0 Å². The summed E-state index contributed by atoms with van der Waals surface area (Å²) in [5, 5.41) is 3.99. The Bertz CT molecular complexity index is 462. The van der Waals surface area contributed by atoms with Gasteiger partial charge in [0.15, 0.2) is 0 Å². The molecule has 4 heteroatoms. The van der Waals surface area contributed by atoms with Crippen molar-refractivity contribution >= 4 is 11.6 Å². The van der Waals surface area contributed by atoms with Gasteiger partial charge in [0, 0.05) is 23.7 Å². The second kappa shape index (κ2) is 9.76. The number of nitrogens with one attached hydrogen (secondary N) is 1. The Balaban J connectivity index is 0.000000292. The minimum Gasteiger partial charge on any atom is -0.379 e. The molecule has 1 aliphatic heterocycles. The first-order valence-electron chi connectivity index (χ1n) is 9.30. The highest BCUT2D eigenvalue weighted by Crippen LogP contribution is 2.44. The molecule has 24 heavy (non-hydrogen) atoms. The number of hydrogen-bond acceptors (Lipinski definition) is 3. The second-order valence-corrected chi connectivity index (χ2v) is 7.60. The lowest BCUT2D eigenvalue weighted by Crippen LogP contribution is -2.45. The summed E-state index contributed by atoms with van der Waals surface area (Å²) < 4.78 is 5.01. The zero-order valence-electron chi connectivity index (χ0n) is 15.5. The molecule has 0 bridgehead atoms. The lowest BCUT2D eigenvalue weighted by molar-refractivity contribution is 0.0677. The smallest absolute Gasteiger partial charge is 0.0591 e. The van der Waals surface area contributed by atoms with E-state index in [1.54, 1.807) is 0 Å². The quantitative estimate of drug-likeness (QED) is 0.877. The Labute approximate surface area is 152 Å². The summed E-state index contributed by atoms with van der Waals surface area (Å²) in [6, 6.07) is 8.47. The van der Waals surface area contributed by atoms with Crippen LogP contribution in [0.15, 0.2) is 24.3 Å². The molecule has 2 fully saturated rings. The summed E-state index contributed by atoms with van der Waals surface area (Å²) >= 11 is 6.02. The standard InChI is InChI=1S/C16H24ClN.C4H9NO/c1-4-13-6-5-11-16(12-13,18(2)3)14-7-9-15(17)10-8-14;1-3-6-4-2-5-1/h7-10,13H,4-6,11-12H2,1-3H3;5H,1-4H2. The molecule has 1 aromatic carbocycles. The van der Waals surface area contributed by atoms with E-state index in [0.29, 0.717) is 0 Å². The molecule has 2 atom stereocenters. The molecular formula is C20H33ClN2O. The number of hydrogen-bond donors (Lipinski definition) is 1. The summed E-state index contributed by atoms with van der Waals surface area (Å²) in [7, 11) is 4.43. The van der Waals surface area contributed by atoms with Crippen molar-refractivity contribution in [3.63, 3.8) is 0 Å². The molecule has 0 amide bonds. The number of morpholine rings is 1. The molecule has 0 aromatic heterocycles. The number of rotatable bonds is 3. The molecule has 3 rings (SSSR count). The predicted molar refractivity (Wildman–Crippen MR) is 103 cm³/mol. The largest absolute Gasteiger partial charge is 0.379 e. The Hall–Kier alpha value is -0.610. The average Bonchev–Trinajstić information content (AvgIpc) is 2.64. The van der Waals surface area contributed by atoms with Crippen molar-refractivity contribution in [1.82, 2.24) is 10.2 Å². The van der Waals surface area contributed by atoms with Crippen LogP contribution < -0.4 is 5.32 Å². The maximum atomic E-state index is 6.02. The van der Waals surface area contributed by atoms with Gasteiger partial charge in [-0.15, -0.1) is 0 Å². The Morgan fingerprint density at radius 3 is 2.33 bits per heavy atom. The SMILES string of the molecule is C1COCCN1.CCC1CCCC(c2ccc(Cl)cc2)(N(C)C)C1. The van der Waals surface area contributed by atoms with E-state index in [-0.39, 0.29) is 5.54 Å². The van der Waals surface area contributed by atoms with Gasteiger partial charge in [0.1, 0.15) is 0 Å². The minimum atomic E-state index is 0.212. The van der Waals surface area contributed by atoms with E-state index < -0.39 is 0 Å². The van der Waals surface area contributed by atoms with E-state index in [1.165, 1.54) is 37.7 Å². The maximum absolute atomic E-state index is 6.02. The summed E-state index contributed by atoms with van der Waals surface area (Å²) in [4.78, 5) is 2.41. The van der Waals surface area contributed by atoms with Crippen LogP contribution in [0.5, 0.6) is 0 Å². The van der Waals surface area contributed by atoms with Crippen molar-refractivity contribution in [2.24, 2.45) is 5.92 Å². The van der Waals surface area contributed by atoms with E-state index in [2.05, 4.69) is 43.4 Å². The van der Waals surface area contributed by atoms with E-state index in [0.717, 1.165) is 37.2 Å². The fourth-order valence-corrected chi connectivity index (χ4v) is 4.04. The molecule has 3 nitrogen and oxygen atoms in total. The highest BCUT2D eigenvalue weighted by molar-refractivity contribution is 6.30. The normalized spacial score (nSPS) is 27.5. The van der Waals surface area contributed by atoms with Crippen molar-refractivity contribution in [1.29, 1.82) is 0 Å². The van der Waals surface area contributed by atoms with E-state index >= 15 is 0 Å². The molecule has 1 N–H and O–H groups in total. The zero-order chi connectivity index (χ0) is 17.4. The van der Waals surface area contributed by atoms with Gasteiger partial charge in [0.25, 0.3) is 0 Å². The average molecular weight is 353 g/mol. The van der Waals surface area contributed by atoms with Crippen LogP contribution in [0.1, 0.15) is 44.6 Å². The first kappa shape index (κ1) is 19.7. The van der Waals surface area contributed by atoms with Crippen LogP contribution in [-0.4, -0.2) is 45.3 Å². The monoisotopic (exact) mass is 352 g/mol. The maximum Gasteiger partial charge on any atom is 0.0591 e. The summed E-state index contributed by atoms with van der Waals surface area (Å²) in [5.74, 6) is 0.858. The highest BCUT2D eigenvalue weighted by atomic mass is 35.5. The van der Waals surface area contributed by atoms with Crippen molar-refractivity contribution in [2.45, 2.75) is 44.6 Å². The van der Waals surface area contributed by atoms with Gasteiger partial charge in [-0.1, -0.05) is 49.9 Å². The van der Waals surface area contributed by atoms with E-state index in [1.807, 2.05) is 12.1 Å². The van der Waals surface area contributed by atoms with Gasteiger partial charge in [-0.25, -0.2) is 0 Å². The van der Waals surface area contributed by atoms with Gasteiger partial charge in [0.2, 0.25) is 0 Å². The summed E-state index contributed by atoms with van der Waals surface area (Å²) in [6.45, 7) is 6.15. The predicted octanol–water partition coefficient (Wildman–Crippen LogP) is 4.30. The number of benzene rings is 1. The van der Waals surface area contributed by atoms with Gasteiger partial charge in [0.05, 0.1) is 13.2 Å². The summed E-state index contributed by atoms with van der Waals surface area (Å²) in [6.07, 6.45) is 6.55. The fourth-order valence-electron chi connectivity index (χ4n) is 3.92. The number of halogens is 1. The van der Waals surface area contributed by atoms with Crippen LogP contribution in [0.4, 0.5) is 0 Å². The molecule has 1 heterocycles. The third-order valence-corrected chi connectivity index (χ3v) is 5.74. The van der Waals surface area contributed by atoms with Gasteiger partial charge in [-0.2, -0.15) is 0 Å². The van der Waals surface area contributed by atoms with Crippen molar-refractivity contribution in [2.75, 3.05) is 40.4 Å². The Morgan fingerprint density at radius 1 is 1.21 bits per heavy atom. The topological polar surface area (TPSA) is 24.5 Å². The molecule has 136 valence electrons. The Kier molecular flexibility index (Phi) is 8.02. The fraction of sp³-hybridized carbons (Fsp3) is 0.700. The van der Waals surface area contributed by atoms with Gasteiger partial charge in [-0.3, -0.25) is 4.90 Å². The first-order valence-corrected chi connectivity index (χ1v) is 9.68. The van der Waals surface area contributed by atoms with Crippen LogP contribution in [0, 0.1) is 5.92 Å². The van der Waals surface area contributed by atoms with Crippen LogP contribution in [0.25, 0.3) is 0 Å². The Morgan fingerprint density at radius 2 is 1.88 bits per heavy atom. The van der Waals surface area contributed by atoms with E-state index in [4.69, 9.17) is 16.3 Å². The molecule has 0 spiro atoms. The molecule has 1 saturated carbocycles. The van der Waals surface area contributed by atoms with Crippen LogP contribution >= 0.6 is 11.6 Å². The first-order chi connectivity index (χ1) is 11.6. The summed E-state index contributed by atoms with van der Waals surface area (Å²) in [5.41, 5.74) is 1.64. The third-order valence-electron chi connectivity index (χ3n) is 5.49. The molecular weight excluding hydrogens is 320 g/mol. The number of ether oxygens (including phenoxy) is 1. The zero-order valence-corrected chi connectivity index (χ0v) is 16.2. The second-order valence-electron chi connectivity index (χ2n) is 7.17. The molecule has 1 saturated heterocycles. The van der Waals surface area contributed by atoms with Gasteiger partial charge >= 0.3 is 0 Å². The highest BCUT2D eigenvalue weighted by Gasteiger charge is 2.39. The van der Waals surface area contributed by atoms with Gasteiger partial charge in [-0.05, 0) is 50.6 Å². The van der Waals surface area contributed by atoms with Crippen LogP contribution in [0.3, 0.4) is 0 Å². The van der Waals surface area contributed by atoms with Crippen LogP contribution in [-0.2, 0) is 10.3 Å². The van der Waals surface area contributed by atoms with E-state index in [9.17, 15) is 0 Å². The lowest BCUT2D eigenvalue weighted by Gasteiger charge is -2.46.